The van der Waals surface area contributed by atoms with Gasteiger partial charge in [0.1, 0.15) is 13.5 Å². The van der Waals surface area contributed by atoms with E-state index < -0.39 is 0 Å². The maximum absolute atomic E-state index is 6.09. The van der Waals surface area contributed by atoms with Crippen molar-refractivity contribution in [2.45, 2.75) is 51.9 Å². The lowest BCUT2D eigenvalue weighted by Crippen LogP contribution is -2.43. The third-order valence-electron chi connectivity index (χ3n) is 4.51. The highest BCUT2D eigenvalue weighted by Gasteiger charge is 2.54. The van der Waals surface area contributed by atoms with Crippen LogP contribution in [0.4, 0.5) is 0 Å². The Hall–Kier alpha value is -0.0551. The highest BCUT2D eigenvalue weighted by atomic mass is 16.5. The molecule has 1 N–H and O–H groups in total. The second-order valence-corrected chi connectivity index (χ2v) is 5.38. The lowest BCUT2D eigenvalue weighted by atomic mass is 9.77. The Morgan fingerprint density at radius 3 is 2.80 bits per heavy atom. The molecule has 0 aromatic carbocycles. The molecule has 2 aliphatic rings. The molecular weight excluding hydrogens is 187 g/mol. The maximum atomic E-state index is 6.09. The summed E-state index contributed by atoms with van der Waals surface area (Å²) in [6.07, 6.45) is 1.50. The van der Waals surface area contributed by atoms with E-state index in [1.807, 2.05) is 0 Å². The smallest absolute Gasteiger partial charge is 0.139 e. The molecule has 2 fully saturated rings. The monoisotopic (exact) mass is 210 g/mol. The predicted octanol–water partition coefficient (Wildman–Crippen LogP) is 0.563. The van der Waals surface area contributed by atoms with Crippen LogP contribution >= 0.6 is 0 Å². The van der Waals surface area contributed by atoms with Crippen LogP contribution in [0.3, 0.4) is 0 Å². The first kappa shape index (κ1) is 11.4. The summed E-state index contributed by atoms with van der Waals surface area (Å²) in [6, 6.07) is 0.367. The molecule has 0 aliphatic carbocycles. The van der Waals surface area contributed by atoms with Crippen LogP contribution in [0.1, 0.15) is 34.1 Å². The Morgan fingerprint density at radius 1 is 1.53 bits per heavy atom. The van der Waals surface area contributed by atoms with E-state index in [1.165, 1.54) is 6.42 Å². The fourth-order valence-electron chi connectivity index (χ4n) is 2.66. The number of hydrogen-bond acceptors (Lipinski definition) is 3. The minimum Gasteiger partial charge on any atom is -0.381 e. The van der Waals surface area contributed by atoms with Gasteiger partial charge in [-0.2, -0.15) is 0 Å². The van der Waals surface area contributed by atoms with Crippen molar-refractivity contribution in [1.82, 2.24) is 10.4 Å². The van der Waals surface area contributed by atoms with Gasteiger partial charge in [0.15, 0.2) is 0 Å². The van der Waals surface area contributed by atoms with Gasteiger partial charge < -0.3 is 4.74 Å². The summed E-state index contributed by atoms with van der Waals surface area (Å²) in [4.78, 5) is 0. The molecule has 0 saturated carbocycles. The van der Waals surface area contributed by atoms with Crippen LogP contribution < -0.4 is 5.43 Å². The first-order valence-corrected chi connectivity index (χ1v) is 6.20. The molecule has 0 amide bonds. The van der Waals surface area contributed by atoms with E-state index in [9.17, 15) is 0 Å². The van der Waals surface area contributed by atoms with Gasteiger partial charge >= 0.3 is 0 Å². The van der Waals surface area contributed by atoms with Crippen LogP contribution in [0, 0.1) is 11.8 Å². The van der Waals surface area contributed by atoms with E-state index in [0.717, 1.165) is 12.5 Å². The largest absolute Gasteiger partial charge is 0.381 e. The zero-order chi connectivity index (χ0) is 11.2. The molecule has 0 aromatic heterocycles. The van der Waals surface area contributed by atoms with Gasteiger partial charge in [0.25, 0.3) is 0 Å². The Morgan fingerprint density at radius 2 is 2.20 bits per heavy atom. The number of nitrogens with one attached hydrogen (secondary N) is 1. The van der Waals surface area contributed by atoms with Crippen LogP contribution in [-0.4, -0.2) is 37.2 Å². The van der Waals surface area contributed by atoms with E-state index >= 15 is 0 Å². The van der Waals surface area contributed by atoms with Crippen LogP contribution in [-0.2, 0) is 4.74 Å². The normalized spacial score (nSPS) is 55.3. The lowest BCUT2D eigenvalue weighted by Gasteiger charge is -2.35. The standard InChI is InChI=1S/C11H23BN2O/c1-5-9-6-14-11(4,13-14)8(3)15-10(12)7(9)2/h7-10,13H,5-6,12H2,1-4H3. The fraction of sp³-hybridized carbons (Fsp3) is 1.00. The third kappa shape index (κ3) is 1.83. The van der Waals surface area contributed by atoms with Crippen molar-refractivity contribution in [2.75, 3.05) is 6.54 Å². The molecule has 0 aromatic rings. The molecule has 86 valence electrons. The molecule has 2 saturated heterocycles. The van der Waals surface area contributed by atoms with Gasteiger partial charge in [-0.25, -0.2) is 10.4 Å². The Balaban J connectivity index is 2.12. The van der Waals surface area contributed by atoms with Gasteiger partial charge in [-0.1, -0.05) is 20.3 Å². The number of hydrazine groups is 1. The number of nitrogens with zero attached hydrogens (tertiary/aromatic N) is 1. The average molecular weight is 210 g/mol. The highest BCUT2D eigenvalue weighted by Crippen LogP contribution is 2.37. The molecule has 0 bridgehead atoms. The van der Waals surface area contributed by atoms with Gasteiger partial charge in [-0.05, 0) is 25.7 Å². The van der Waals surface area contributed by atoms with E-state index in [1.54, 1.807) is 0 Å². The van der Waals surface area contributed by atoms with Gasteiger partial charge in [0, 0.05) is 12.5 Å². The van der Waals surface area contributed by atoms with E-state index in [2.05, 4.69) is 46.0 Å². The number of hydrogen-bond donors (Lipinski definition) is 1. The van der Waals surface area contributed by atoms with E-state index in [0.29, 0.717) is 11.9 Å². The van der Waals surface area contributed by atoms with Gasteiger partial charge in [0.2, 0.25) is 0 Å². The third-order valence-corrected chi connectivity index (χ3v) is 4.51. The minimum absolute atomic E-state index is 0.0851. The van der Waals surface area contributed by atoms with Crippen molar-refractivity contribution >= 4 is 7.85 Å². The fourth-order valence-corrected chi connectivity index (χ4v) is 2.66. The summed E-state index contributed by atoms with van der Waals surface area (Å²) in [5, 5.41) is 2.34. The zero-order valence-electron chi connectivity index (χ0n) is 10.6. The zero-order valence-corrected chi connectivity index (χ0v) is 10.6. The predicted molar refractivity (Wildman–Crippen MR) is 64.1 cm³/mol. The maximum Gasteiger partial charge on any atom is 0.139 e. The van der Waals surface area contributed by atoms with Crippen molar-refractivity contribution in [2.24, 2.45) is 11.8 Å². The summed E-state index contributed by atoms with van der Waals surface area (Å²) in [6.45, 7) is 10.2. The van der Waals surface area contributed by atoms with Crippen molar-refractivity contribution < 1.29 is 4.74 Å². The number of rotatable bonds is 1. The van der Waals surface area contributed by atoms with Crippen molar-refractivity contribution in [3.05, 3.63) is 0 Å². The lowest BCUT2D eigenvalue weighted by molar-refractivity contribution is -0.0409. The van der Waals surface area contributed by atoms with E-state index in [-0.39, 0.29) is 11.8 Å². The summed E-state index contributed by atoms with van der Waals surface area (Å²) in [5.41, 5.74) is 3.54. The van der Waals surface area contributed by atoms with Crippen LogP contribution in [0.25, 0.3) is 0 Å². The van der Waals surface area contributed by atoms with Crippen LogP contribution in [0.15, 0.2) is 0 Å². The minimum atomic E-state index is 0.0851. The molecule has 0 spiro atoms. The molecular formula is C11H23BN2O. The molecule has 2 aliphatic heterocycles. The summed E-state index contributed by atoms with van der Waals surface area (Å²) in [7, 11) is 2.21. The van der Waals surface area contributed by atoms with Crippen LogP contribution in [0.2, 0.25) is 0 Å². The van der Waals surface area contributed by atoms with Crippen molar-refractivity contribution in [1.29, 1.82) is 0 Å². The number of fused-ring (bicyclic) bond motifs is 1. The summed E-state index contributed by atoms with van der Waals surface area (Å²) >= 11 is 0. The van der Waals surface area contributed by atoms with E-state index in [4.69, 9.17) is 4.74 Å². The molecule has 4 heteroatoms. The van der Waals surface area contributed by atoms with Gasteiger partial charge in [0.05, 0.1) is 6.10 Å². The molecule has 2 heterocycles. The first-order chi connectivity index (χ1) is 6.99. The van der Waals surface area contributed by atoms with Crippen molar-refractivity contribution in [3.8, 4) is 0 Å². The Bertz CT molecular complexity index is 251. The summed E-state index contributed by atoms with van der Waals surface area (Å²) < 4.78 is 6.09. The Kier molecular flexibility index (Phi) is 2.86. The highest BCUT2D eigenvalue weighted by molar-refractivity contribution is 6.11. The molecule has 15 heavy (non-hydrogen) atoms. The topological polar surface area (TPSA) is 34.2 Å². The Labute approximate surface area is 93.9 Å². The average Bonchev–Trinajstić information content (AvgIpc) is 2.85. The summed E-state index contributed by atoms with van der Waals surface area (Å²) in [5.74, 6) is 1.38. The molecule has 2 rings (SSSR count). The van der Waals surface area contributed by atoms with Crippen molar-refractivity contribution in [3.63, 3.8) is 0 Å². The molecule has 3 nitrogen and oxygen atoms in total. The molecule has 0 radical (unpaired) electrons. The van der Waals surface area contributed by atoms with Gasteiger partial charge in [-0.3, -0.25) is 0 Å². The quantitative estimate of drug-likeness (QED) is 0.507. The van der Waals surface area contributed by atoms with Crippen LogP contribution in [0.5, 0.6) is 0 Å². The first-order valence-electron chi connectivity index (χ1n) is 6.20. The number of ether oxygens (including phenoxy) is 1. The van der Waals surface area contributed by atoms with Gasteiger partial charge in [-0.15, -0.1) is 0 Å². The SMILES string of the molecule is BC1OC(C)C2(C)NN2CC(CC)C1C. The second kappa shape index (κ2) is 3.76. The second-order valence-electron chi connectivity index (χ2n) is 5.38. The molecule has 6 atom stereocenters. The molecule has 6 unspecified atom stereocenters.